The summed E-state index contributed by atoms with van der Waals surface area (Å²) in [7, 11) is 1.17. The first-order valence-corrected chi connectivity index (χ1v) is 33.2. The summed E-state index contributed by atoms with van der Waals surface area (Å²) in [4.78, 5) is 39.9. The average molecular weight is 1090 g/mol. The van der Waals surface area contributed by atoms with Crippen LogP contribution in [0.4, 0.5) is 0 Å². The predicted octanol–water partition coefficient (Wildman–Crippen LogP) is 19.0. The van der Waals surface area contributed by atoms with Crippen molar-refractivity contribution in [2.75, 3.05) is 40.9 Å². The lowest BCUT2D eigenvalue weighted by Gasteiger charge is -2.30. The van der Waals surface area contributed by atoms with Crippen LogP contribution < -0.4 is 10.2 Å². The molecule has 76 heavy (non-hydrogen) atoms. The zero-order valence-corrected chi connectivity index (χ0v) is 51.3. The van der Waals surface area contributed by atoms with Crippen molar-refractivity contribution in [1.82, 2.24) is 5.32 Å². The average Bonchev–Trinajstić information content (AvgIpc) is 3.38. The molecule has 0 saturated heterocycles. The molecule has 0 radical (unpaired) electrons. The van der Waals surface area contributed by atoms with E-state index in [-0.39, 0.29) is 24.9 Å². The second-order valence-corrected chi connectivity index (χ2v) is 24.0. The molecule has 0 aromatic heterocycles. The fourth-order valence-corrected chi connectivity index (χ4v) is 9.63. The molecular formula is C66H121N2O7P. The Kier molecular flexibility index (Phi) is 53.9. The zero-order chi connectivity index (χ0) is 55.7. The summed E-state index contributed by atoms with van der Waals surface area (Å²) in [5, 5.41) is 3.02. The first-order chi connectivity index (χ1) is 36.9. The maximum absolute atomic E-state index is 13.5. The topological polar surface area (TPSA) is 114 Å². The number of carbonyl (C=O) groups excluding carboxylic acids is 2. The molecule has 3 unspecified atom stereocenters. The second kappa shape index (κ2) is 55.8. The number of hydrogen-bond donors (Lipinski definition) is 1. The van der Waals surface area contributed by atoms with Crippen LogP contribution in [-0.4, -0.2) is 69.4 Å². The second-order valence-electron chi connectivity index (χ2n) is 22.6. The van der Waals surface area contributed by atoms with Crippen LogP contribution in [0.25, 0.3) is 0 Å². The molecule has 442 valence electrons. The van der Waals surface area contributed by atoms with Crippen molar-refractivity contribution in [1.29, 1.82) is 0 Å². The molecule has 0 aromatic carbocycles. The third-order valence-corrected chi connectivity index (χ3v) is 14.8. The number of unbranched alkanes of at least 4 members (excludes halogenated alkanes) is 31. The van der Waals surface area contributed by atoms with Crippen LogP contribution in [0.1, 0.15) is 284 Å². The fourth-order valence-electron chi connectivity index (χ4n) is 8.91. The van der Waals surface area contributed by atoms with E-state index >= 15 is 0 Å². The van der Waals surface area contributed by atoms with E-state index in [1.165, 1.54) is 148 Å². The van der Waals surface area contributed by atoms with Gasteiger partial charge in [-0.25, -0.2) is 0 Å². The summed E-state index contributed by atoms with van der Waals surface area (Å²) in [6, 6.07) is -0.899. The number of ether oxygens (including phenoxy) is 1. The molecule has 10 heteroatoms. The number of esters is 1. The van der Waals surface area contributed by atoms with Crippen LogP contribution in [0, 0.1) is 0 Å². The minimum absolute atomic E-state index is 0.0277. The number of nitrogens with one attached hydrogen (secondary N) is 1. The number of quaternary nitrogens is 1. The molecule has 0 heterocycles. The van der Waals surface area contributed by atoms with Crippen LogP contribution in [0.3, 0.4) is 0 Å². The van der Waals surface area contributed by atoms with Gasteiger partial charge in [-0.05, 0) is 102 Å². The quantitative estimate of drug-likeness (QED) is 0.0212. The predicted molar refractivity (Wildman–Crippen MR) is 325 cm³/mol. The van der Waals surface area contributed by atoms with Crippen LogP contribution >= 0.6 is 7.82 Å². The van der Waals surface area contributed by atoms with Crippen molar-refractivity contribution >= 4 is 19.7 Å². The molecule has 0 fully saturated rings. The molecule has 0 aromatic rings. The normalized spacial score (nSPS) is 14.1. The van der Waals surface area contributed by atoms with Crippen LogP contribution in [0.15, 0.2) is 72.9 Å². The van der Waals surface area contributed by atoms with Gasteiger partial charge in [0.1, 0.15) is 19.3 Å². The molecular weight excluding hydrogens is 964 g/mol. The first-order valence-electron chi connectivity index (χ1n) is 31.7. The van der Waals surface area contributed by atoms with E-state index in [1.54, 1.807) is 0 Å². The van der Waals surface area contributed by atoms with E-state index in [0.717, 1.165) is 96.3 Å². The van der Waals surface area contributed by atoms with E-state index in [9.17, 15) is 19.0 Å². The number of likely N-dealkylation sites (N-methyl/N-ethyl adjacent to an activating group) is 1. The Balaban J connectivity index is 5.14. The number of hydrogen-bond acceptors (Lipinski definition) is 7. The van der Waals surface area contributed by atoms with Crippen LogP contribution in [0.2, 0.25) is 0 Å². The molecule has 9 nitrogen and oxygen atoms in total. The molecule has 0 aliphatic rings. The van der Waals surface area contributed by atoms with E-state index in [0.29, 0.717) is 23.9 Å². The first kappa shape index (κ1) is 73.5. The van der Waals surface area contributed by atoms with Crippen molar-refractivity contribution in [2.45, 2.75) is 296 Å². The largest absolute Gasteiger partial charge is 0.756 e. The summed E-state index contributed by atoms with van der Waals surface area (Å²) in [5.41, 5.74) is 0. The van der Waals surface area contributed by atoms with E-state index in [4.69, 9.17) is 13.8 Å². The third kappa shape index (κ3) is 56.2. The lowest BCUT2D eigenvalue weighted by molar-refractivity contribution is -0.870. The lowest BCUT2D eigenvalue weighted by atomic mass is 10.0. The van der Waals surface area contributed by atoms with Gasteiger partial charge in [0, 0.05) is 12.8 Å². The number of phosphoric ester groups is 1. The smallest absolute Gasteiger partial charge is 0.306 e. The van der Waals surface area contributed by atoms with Gasteiger partial charge in [0.25, 0.3) is 7.82 Å². The van der Waals surface area contributed by atoms with E-state index in [1.807, 2.05) is 33.3 Å². The van der Waals surface area contributed by atoms with Crippen LogP contribution in [0.5, 0.6) is 0 Å². The van der Waals surface area contributed by atoms with Gasteiger partial charge in [0.2, 0.25) is 5.91 Å². The van der Waals surface area contributed by atoms with Gasteiger partial charge in [-0.3, -0.25) is 14.2 Å². The molecule has 3 atom stereocenters. The Labute approximate surface area is 470 Å². The van der Waals surface area contributed by atoms with Gasteiger partial charge in [-0.15, -0.1) is 0 Å². The number of nitrogens with zero attached hydrogens (tertiary/aromatic N) is 1. The Hall–Kier alpha value is -2.55. The maximum atomic E-state index is 13.5. The molecule has 0 spiro atoms. The molecule has 0 aliphatic carbocycles. The van der Waals surface area contributed by atoms with Gasteiger partial charge >= 0.3 is 5.97 Å². The highest BCUT2D eigenvalue weighted by molar-refractivity contribution is 7.45. The van der Waals surface area contributed by atoms with Gasteiger partial charge in [-0.1, -0.05) is 242 Å². The number of phosphoric acid groups is 1. The summed E-state index contributed by atoms with van der Waals surface area (Å²) >= 11 is 0. The van der Waals surface area contributed by atoms with Crippen molar-refractivity contribution in [3.05, 3.63) is 72.9 Å². The van der Waals surface area contributed by atoms with E-state index < -0.39 is 26.6 Å². The summed E-state index contributed by atoms with van der Waals surface area (Å²) in [6.07, 6.45) is 71.6. The highest BCUT2D eigenvalue weighted by atomic mass is 31.2. The molecule has 0 saturated carbocycles. The van der Waals surface area contributed by atoms with Crippen molar-refractivity contribution in [3.8, 4) is 0 Å². The van der Waals surface area contributed by atoms with Gasteiger partial charge in [0.15, 0.2) is 0 Å². The molecule has 1 N–H and O–H groups in total. The molecule has 0 rings (SSSR count). The van der Waals surface area contributed by atoms with Gasteiger partial charge in [-0.2, -0.15) is 0 Å². The van der Waals surface area contributed by atoms with Gasteiger partial charge in [0.05, 0.1) is 33.8 Å². The highest BCUT2D eigenvalue weighted by Gasteiger charge is 2.27. The number of rotatable bonds is 57. The highest BCUT2D eigenvalue weighted by Crippen LogP contribution is 2.38. The third-order valence-electron chi connectivity index (χ3n) is 13.9. The van der Waals surface area contributed by atoms with Crippen molar-refractivity contribution in [2.24, 2.45) is 0 Å². The maximum Gasteiger partial charge on any atom is 0.306 e. The fraction of sp³-hybridized carbons (Fsp3) is 0.788. The molecule has 1 amide bonds. The minimum Gasteiger partial charge on any atom is -0.756 e. The Morgan fingerprint density at radius 3 is 1.25 bits per heavy atom. The lowest BCUT2D eigenvalue weighted by Crippen LogP contribution is -2.47. The SMILES string of the molecule is CCCCC/C=C\C/C=C\C/C=C\C/C=C\CCCCCCCCCCCC(=O)NC(COP(=O)([O-])OCC[N+](C)(C)C)C(/C=C\CCCCCCCCCCC)OC(=O)CCCCC/C=C\CCCCCCCCC. The number of carbonyl (C=O) groups is 2. The summed E-state index contributed by atoms with van der Waals surface area (Å²) < 4.78 is 30.3. The van der Waals surface area contributed by atoms with Gasteiger partial charge < -0.3 is 28.5 Å². The van der Waals surface area contributed by atoms with Crippen LogP contribution in [-0.2, 0) is 27.9 Å². The van der Waals surface area contributed by atoms with Crippen molar-refractivity contribution < 1.29 is 37.3 Å². The van der Waals surface area contributed by atoms with Crippen molar-refractivity contribution in [3.63, 3.8) is 0 Å². The standard InChI is InChI=1S/C66H121N2O7P/c1-7-10-13-16-19-22-25-27-29-30-31-32-33-34-35-36-37-38-39-40-43-46-49-52-55-58-65(69)67-63(62-74-76(71,72)73-61-60-68(4,5)6)64(57-54-51-48-45-42-24-21-18-15-12-9-3)75-66(70)59-56-53-50-47-44-41-28-26-23-20-17-14-11-8-2/h19,22,27,29,31-32,34-35,41,44,54,57,63-64H,7-18,20-21,23-26,28,30,33,36-40,42-43,45-53,55-56,58-62H2,1-6H3,(H-,67,69,71,72)/b22-19-,29-27-,32-31-,35-34-,44-41-,57-54-. The summed E-state index contributed by atoms with van der Waals surface area (Å²) in [6.45, 7) is 6.80. The Bertz CT molecular complexity index is 1530. The molecule has 0 aliphatic heterocycles. The zero-order valence-electron chi connectivity index (χ0n) is 50.4. The number of amides is 1. The Morgan fingerprint density at radius 2 is 0.803 bits per heavy atom. The Morgan fingerprint density at radius 1 is 0.461 bits per heavy atom. The minimum atomic E-state index is -4.70. The number of allylic oxidation sites excluding steroid dienone is 11. The monoisotopic (exact) mass is 1080 g/mol. The van der Waals surface area contributed by atoms with E-state index in [2.05, 4.69) is 86.8 Å². The summed E-state index contributed by atoms with van der Waals surface area (Å²) in [5.74, 6) is -0.565. The molecule has 0 bridgehead atoms.